The van der Waals surface area contributed by atoms with Gasteiger partial charge in [0.25, 0.3) is 5.91 Å². The van der Waals surface area contributed by atoms with Gasteiger partial charge in [0.2, 0.25) is 10.0 Å². The Morgan fingerprint density at radius 2 is 1.63 bits per heavy atom. The molecule has 1 aliphatic heterocycles. The molecule has 2 aromatic carbocycles. The molecule has 1 fully saturated rings. The van der Waals surface area contributed by atoms with Crippen LogP contribution in [0.2, 0.25) is 0 Å². The maximum atomic E-state index is 12.8. The van der Waals surface area contributed by atoms with E-state index in [1.165, 1.54) is 12.1 Å². The molecule has 1 atom stereocenters. The van der Waals surface area contributed by atoms with Gasteiger partial charge in [-0.2, -0.15) is 4.31 Å². The van der Waals surface area contributed by atoms with Crippen LogP contribution in [0.15, 0.2) is 57.9 Å². The average Bonchev–Trinajstić information content (AvgIpc) is 3.03. The smallest absolute Gasteiger partial charge is 0.258 e. The van der Waals surface area contributed by atoms with Crippen LogP contribution in [0.4, 0.5) is 0 Å². The fraction of sp³-hybridized carbons (Fsp3) is 0.409. The third-order valence-electron chi connectivity index (χ3n) is 5.14. The topological polar surface area (TPSA) is 75.7 Å². The first-order chi connectivity index (χ1) is 14.4. The van der Waals surface area contributed by atoms with Crippen molar-refractivity contribution in [1.82, 2.24) is 9.62 Å². The molecule has 1 saturated heterocycles. The minimum atomic E-state index is -3.49. The summed E-state index contributed by atoms with van der Waals surface area (Å²) in [4.78, 5) is 12.4. The molecule has 162 valence electrons. The lowest BCUT2D eigenvalue weighted by molar-refractivity contribution is -0.123. The van der Waals surface area contributed by atoms with Crippen LogP contribution in [0.25, 0.3) is 0 Å². The Kier molecular flexibility index (Phi) is 7.91. The SMILES string of the molecule is C[C@@H](NC(=O)COc1ccc(S(=O)(=O)N2CCCCCC2)cc1)c1ccc(Br)cc1. The maximum absolute atomic E-state index is 12.8. The van der Waals surface area contributed by atoms with E-state index in [4.69, 9.17) is 4.74 Å². The number of carbonyl (C=O) groups is 1. The third-order valence-corrected chi connectivity index (χ3v) is 7.59. The lowest BCUT2D eigenvalue weighted by Crippen LogP contribution is -2.32. The summed E-state index contributed by atoms with van der Waals surface area (Å²) in [5.41, 5.74) is 0.995. The fourth-order valence-corrected chi connectivity index (χ4v) is 5.19. The molecule has 0 unspecified atom stereocenters. The van der Waals surface area contributed by atoms with Gasteiger partial charge in [-0.25, -0.2) is 8.42 Å². The molecule has 1 N–H and O–H groups in total. The molecule has 6 nitrogen and oxygen atoms in total. The van der Waals surface area contributed by atoms with Crippen molar-refractivity contribution in [2.24, 2.45) is 0 Å². The molecule has 30 heavy (non-hydrogen) atoms. The second-order valence-corrected chi connectivity index (χ2v) is 10.3. The fourth-order valence-electron chi connectivity index (χ4n) is 3.41. The highest BCUT2D eigenvalue weighted by molar-refractivity contribution is 9.10. The molecule has 1 amide bonds. The van der Waals surface area contributed by atoms with E-state index < -0.39 is 10.0 Å². The molecule has 0 saturated carbocycles. The number of amides is 1. The molecular weight excluding hydrogens is 468 g/mol. The van der Waals surface area contributed by atoms with E-state index in [1.54, 1.807) is 16.4 Å². The predicted octanol–water partition coefficient (Wildman–Crippen LogP) is 4.27. The van der Waals surface area contributed by atoms with Crippen LogP contribution < -0.4 is 10.1 Å². The first-order valence-corrected chi connectivity index (χ1v) is 12.4. The molecule has 0 aliphatic carbocycles. The molecule has 0 bridgehead atoms. The molecule has 3 rings (SSSR count). The van der Waals surface area contributed by atoms with E-state index in [9.17, 15) is 13.2 Å². The van der Waals surface area contributed by atoms with E-state index >= 15 is 0 Å². The molecule has 1 aliphatic rings. The number of nitrogens with zero attached hydrogens (tertiary/aromatic N) is 1. The van der Waals surface area contributed by atoms with Crippen molar-refractivity contribution in [3.05, 3.63) is 58.6 Å². The zero-order valence-corrected chi connectivity index (χ0v) is 19.4. The largest absolute Gasteiger partial charge is 0.484 e. The van der Waals surface area contributed by atoms with Gasteiger partial charge in [-0.15, -0.1) is 0 Å². The Morgan fingerprint density at radius 1 is 1.03 bits per heavy atom. The molecule has 0 aromatic heterocycles. The highest BCUT2D eigenvalue weighted by atomic mass is 79.9. The van der Waals surface area contributed by atoms with Crippen molar-refractivity contribution in [3.8, 4) is 5.75 Å². The molecule has 8 heteroatoms. The van der Waals surface area contributed by atoms with Gasteiger partial charge in [0, 0.05) is 17.6 Å². The summed E-state index contributed by atoms with van der Waals surface area (Å²) >= 11 is 3.39. The standard InChI is InChI=1S/C22H27BrN2O4S/c1-17(18-6-8-19(23)9-7-18)24-22(26)16-29-20-10-12-21(13-11-20)30(27,28)25-14-4-2-3-5-15-25/h6-13,17H,2-5,14-16H2,1H3,(H,24,26)/t17-/m1/s1. The van der Waals surface area contributed by atoms with Crippen LogP contribution in [0.3, 0.4) is 0 Å². The zero-order chi connectivity index (χ0) is 21.6. The molecule has 1 heterocycles. The van der Waals surface area contributed by atoms with E-state index in [-0.39, 0.29) is 23.5 Å². The van der Waals surface area contributed by atoms with Crippen LogP contribution in [0.1, 0.15) is 44.2 Å². The van der Waals surface area contributed by atoms with E-state index in [0.717, 1.165) is 35.7 Å². The Morgan fingerprint density at radius 3 is 2.23 bits per heavy atom. The second kappa shape index (κ2) is 10.4. The van der Waals surface area contributed by atoms with Gasteiger partial charge >= 0.3 is 0 Å². The minimum Gasteiger partial charge on any atom is -0.484 e. The maximum Gasteiger partial charge on any atom is 0.258 e. The van der Waals surface area contributed by atoms with E-state index in [0.29, 0.717) is 18.8 Å². The lowest BCUT2D eigenvalue weighted by Gasteiger charge is -2.20. The van der Waals surface area contributed by atoms with Crippen LogP contribution in [0.5, 0.6) is 5.75 Å². The quantitative estimate of drug-likeness (QED) is 0.623. The summed E-state index contributed by atoms with van der Waals surface area (Å²) in [6.07, 6.45) is 3.94. The lowest BCUT2D eigenvalue weighted by atomic mass is 10.1. The van der Waals surface area contributed by atoms with Gasteiger partial charge in [-0.05, 0) is 61.7 Å². The molecule has 0 radical (unpaired) electrons. The predicted molar refractivity (Wildman–Crippen MR) is 120 cm³/mol. The van der Waals surface area contributed by atoms with Gasteiger partial charge in [-0.1, -0.05) is 40.9 Å². The first-order valence-electron chi connectivity index (χ1n) is 10.1. The number of hydrogen-bond donors (Lipinski definition) is 1. The van der Waals surface area contributed by atoms with Crippen LogP contribution in [-0.2, 0) is 14.8 Å². The summed E-state index contributed by atoms with van der Waals surface area (Å²) in [5.74, 6) is 0.211. The Hall–Kier alpha value is -1.90. The van der Waals surface area contributed by atoms with Crippen LogP contribution in [-0.4, -0.2) is 38.3 Å². The molecular formula is C22H27BrN2O4S. The van der Waals surface area contributed by atoms with Gasteiger partial charge < -0.3 is 10.1 Å². The van der Waals surface area contributed by atoms with Crippen molar-refractivity contribution in [3.63, 3.8) is 0 Å². The van der Waals surface area contributed by atoms with Gasteiger partial charge in [0.1, 0.15) is 5.75 Å². The molecule has 2 aromatic rings. The first kappa shape index (κ1) is 22.8. The third kappa shape index (κ3) is 6.06. The van der Waals surface area contributed by atoms with E-state index in [2.05, 4.69) is 21.2 Å². The van der Waals surface area contributed by atoms with Gasteiger partial charge in [0.05, 0.1) is 10.9 Å². The second-order valence-electron chi connectivity index (χ2n) is 7.42. The number of carbonyl (C=O) groups excluding carboxylic acids is 1. The van der Waals surface area contributed by atoms with Crippen molar-refractivity contribution < 1.29 is 17.9 Å². The normalized spacial score (nSPS) is 16.5. The van der Waals surface area contributed by atoms with Crippen LogP contribution >= 0.6 is 15.9 Å². The Labute approximate surface area is 186 Å². The van der Waals surface area contributed by atoms with Crippen molar-refractivity contribution in [2.45, 2.75) is 43.5 Å². The number of sulfonamides is 1. The Bertz CT molecular complexity index is 938. The molecule has 0 spiro atoms. The van der Waals surface area contributed by atoms with Crippen LogP contribution in [0, 0.1) is 0 Å². The number of ether oxygens (including phenoxy) is 1. The summed E-state index contributed by atoms with van der Waals surface area (Å²) in [5, 5.41) is 2.89. The van der Waals surface area contributed by atoms with Gasteiger partial charge in [-0.3, -0.25) is 4.79 Å². The average molecular weight is 495 g/mol. The van der Waals surface area contributed by atoms with Crippen molar-refractivity contribution in [2.75, 3.05) is 19.7 Å². The minimum absolute atomic E-state index is 0.140. The van der Waals surface area contributed by atoms with Crippen molar-refractivity contribution in [1.29, 1.82) is 0 Å². The number of nitrogens with one attached hydrogen (secondary N) is 1. The number of rotatable bonds is 7. The summed E-state index contributed by atoms with van der Waals surface area (Å²) in [6, 6.07) is 13.9. The highest BCUT2D eigenvalue weighted by Crippen LogP contribution is 2.22. The number of hydrogen-bond acceptors (Lipinski definition) is 4. The Balaban J connectivity index is 1.53. The summed E-state index contributed by atoms with van der Waals surface area (Å²) in [7, 11) is -3.49. The summed E-state index contributed by atoms with van der Waals surface area (Å²) in [6.45, 7) is 2.90. The monoisotopic (exact) mass is 494 g/mol. The van der Waals surface area contributed by atoms with Gasteiger partial charge in [0.15, 0.2) is 6.61 Å². The summed E-state index contributed by atoms with van der Waals surface area (Å²) < 4.78 is 33.7. The highest BCUT2D eigenvalue weighted by Gasteiger charge is 2.25. The zero-order valence-electron chi connectivity index (χ0n) is 17.0. The van der Waals surface area contributed by atoms with E-state index in [1.807, 2.05) is 31.2 Å². The van der Waals surface area contributed by atoms with Crippen molar-refractivity contribution >= 4 is 31.9 Å². The number of benzene rings is 2. The number of halogens is 1.